The summed E-state index contributed by atoms with van der Waals surface area (Å²) >= 11 is 0. The van der Waals surface area contributed by atoms with Gasteiger partial charge in [-0.15, -0.1) is 0 Å². The van der Waals surface area contributed by atoms with Gasteiger partial charge in [0.2, 0.25) is 12.3 Å². The molecule has 0 spiro atoms. The van der Waals surface area contributed by atoms with E-state index in [0.717, 1.165) is 18.4 Å². The molecule has 4 rings (SSSR count). The third kappa shape index (κ3) is 3.81. The largest absolute Gasteiger partial charge is 0.334 e. The summed E-state index contributed by atoms with van der Waals surface area (Å²) in [4.78, 5) is 22.9. The summed E-state index contributed by atoms with van der Waals surface area (Å²) in [5.74, 6) is 0.725. The van der Waals surface area contributed by atoms with E-state index in [1.54, 1.807) is 41.0 Å². The molecule has 9 heteroatoms. The number of nitrogens with one attached hydrogen (secondary N) is 1. The maximum atomic E-state index is 13.1. The average Bonchev–Trinajstić information content (AvgIpc) is 3.50. The number of aromatic nitrogens is 3. The smallest absolute Gasteiger partial charge is 0.242 e. The minimum atomic E-state index is -2.55. The molecule has 0 bridgehead atoms. The molecule has 1 aliphatic rings. The van der Waals surface area contributed by atoms with Gasteiger partial charge in [0.25, 0.3) is 0 Å². The number of rotatable bonds is 6. The molecular formula is C21H20F2N6O. The highest BCUT2D eigenvalue weighted by Crippen LogP contribution is 2.34. The number of hydrogen-bond acceptors (Lipinski definition) is 5. The first-order valence-electron chi connectivity index (χ1n) is 9.55. The molecular weight excluding hydrogens is 390 g/mol. The summed E-state index contributed by atoms with van der Waals surface area (Å²) in [6.07, 6.45) is 0.325. The van der Waals surface area contributed by atoms with E-state index >= 15 is 0 Å². The summed E-state index contributed by atoms with van der Waals surface area (Å²) in [5, 5.41) is 12.0. The maximum Gasteiger partial charge on any atom is 0.242 e. The number of fused-ring (bicyclic) bond motifs is 1. The first-order valence-corrected chi connectivity index (χ1v) is 9.55. The predicted octanol–water partition coefficient (Wildman–Crippen LogP) is 3.76. The first kappa shape index (κ1) is 19.8. The van der Waals surface area contributed by atoms with E-state index < -0.39 is 12.8 Å². The number of carbonyl (C=O) groups is 1. The minimum absolute atomic E-state index is 0.00289. The van der Waals surface area contributed by atoms with Crippen molar-refractivity contribution >= 4 is 34.3 Å². The fourth-order valence-corrected chi connectivity index (χ4v) is 3.37. The van der Waals surface area contributed by atoms with Crippen LogP contribution < -0.4 is 10.2 Å². The van der Waals surface area contributed by atoms with E-state index in [9.17, 15) is 13.6 Å². The summed E-state index contributed by atoms with van der Waals surface area (Å²) in [5.41, 5.74) is 2.50. The number of amides is 1. The van der Waals surface area contributed by atoms with Crippen molar-refractivity contribution in [3.8, 4) is 6.07 Å². The molecule has 1 aromatic carbocycles. The molecule has 3 aromatic rings. The van der Waals surface area contributed by atoms with E-state index in [1.807, 2.05) is 13.1 Å². The molecule has 0 radical (unpaired) electrons. The highest BCUT2D eigenvalue weighted by molar-refractivity contribution is 6.00. The lowest BCUT2D eigenvalue weighted by Gasteiger charge is -2.23. The standard InChI is InChI=1S/C21H20F2N6O/c1-28-11-25-19-16(28)9-18(26-20(19)27-21(30)13-4-5-13)29(2)15-6-3-12(10-24)7-14(15)8-17(22)23/h3,6-7,9,11,13,17H,4-5,8H2,1-2H3,(H,26,27,30). The molecule has 1 N–H and O–H groups in total. The van der Waals surface area contributed by atoms with Crippen LogP contribution in [-0.4, -0.2) is 33.9 Å². The number of carbonyl (C=O) groups excluding carboxylic acids is 1. The van der Waals surface area contributed by atoms with E-state index in [1.165, 1.54) is 6.07 Å². The van der Waals surface area contributed by atoms with Gasteiger partial charge in [0.15, 0.2) is 5.82 Å². The number of benzene rings is 1. The number of hydrogen-bond donors (Lipinski definition) is 1. The topological polar surface area (TPSA) is 86.8 Å². The lowest BCUT2D eigenvalue weighted by atomic mass is 10.1. The molecule has 0 aliphatic heterocycles. The molecule has 1 amide bonds. The highest BCUT2D eigenvalue weighted by atomic mass is 19.3. The van der Waals surface area contributed by atoms with Crippen LogP contribution in [0.15, 0.2) is 30.6 Å². The zero-order valence-electron chi connectivity index (χ0n) is 16.6. The second-order valence-electron chi connectivity index (χ2n) is 7.43. The van der Waals surface area contributed by atoms with Gasteiger partial charge in [0.1, 0.15) is 11.3 Å². The third-order valence-corrected chi connectivity index (χ3v) is 5.18. The average molecular weight is 410 g/mol. The monoisotopic (exact) mass is 410 g/mol. The SMILES string of the molecule is CN(c1cc2c(ncn2C)c(NC(=O)C2CC2)n1)c1ccc(C#N)cc1CC(F)F. The fraction of sp³-hybridized carbons (Fsp3) is 0.333. The van der Waals surface area contributed by atoms with Crippen LogP contribution in [-0.2, 0) is 18.3 Å². The molecule has 1 aliphatic carbocycles. The van der Waals surface area contributed by atoms with E-state index in [4.69, 9.17) is 5.26 Å². The van der Waals surface area contributed by atoms with Crippen LogP contribution in [0.5, 0.6) is 0 Å². The van der Waals surface area contributed by atoms with Gasteiger partial charge in [0.05, 0.1) is 23.5 Å². The van der Waals surface area contributed by atoms with Crippen molar-refractivity contribution in [3.05, 3.63) is 41.7 Å². The minimum Gasteiger partial charge on any atom is -0.334 e. The Balaban J connectivity index is 1.78. The van der Waals surface area contributed by atoms with Crippen LogP contribution in [0.2, 0.25) is 0 Å². The number of halogens is 2. The molecule has 30 heavy (non-hydrogen) atoms. The van der Waals surface area contributed by atoms with Crippen molar-refractivity contribution in [1.29, 1.82) is 5.26 Å². The van der Waals surface area contributed by atoms with Gasteiger partial charge in [-0.2, -0.15) is 5.26 Å². The fourth-order valence-electron chi connectivity index (χ4n) is 3.37. The Kier molecular flexibility index (Phi) is 5.08. The molecule has 1 fully saturated rings. The van der Waals surface area contributed by atoms with Gasteiger partial charge in [-0.1, -0.05) is 0 Å². The number of alkyl halides is 2. The zero-order valence-corrected chi connectivity index (χ0v) is 16.6. The van der Waals surface area contributed by atoms with E-state index in [0.29, 0.717) is 34.0 Å². The summed E-state index contributed by atoms with van der Waals surface area (Å²) in [6, 6.07) is 8.46. The lowest BCUT2D eigenvalue weighted by Crippen LogP contribution is -2.18. The summed E-state index contributed by atoms with van der Waals surface area (Å²) in [6.45, 7) is 0. The Hall–Kier alpha value is -3.54. The maximum absolute atomic E-state index is 13.1. The Bertz CT molecular complexity index is 1160. The summed E-state index contributed by atoms with van der Waals surface area (Å²) in [7, 11) is 3.54. The van der Waals surface area contributed by atoms with Gasteiger partial charge in [-0.05, 0) is 36.6 Å². The molecule has 0 saturated heterocycles. The van der Waals surface area contributed by atoms with Crippen molar-refractivity contribution in [1.82, 2.24) is 14.5 Å². The van der Waals surface area contributed by atoms with Crippen LogP contribution in [0, 0.1) is 17.2 Å². The molecule has 2 heterocycles. The van der Waals surface area contributed by atoms with Gasteiger partial charge in [-0.25, -0.2) is 18.7 Å². The van der Waals surface area contributed by atoms with Crippen LogP contribution in [0.25, 0.3) is 11.0 Å². The Labute approximate surface area is 172 Å². The Morgan fingerprint density at radius 3 is 2.83 bits per heavy atom. The number of anilines is 3. The highest BCUT2D eigenvalue weighted by Gasteiger charge is 2.30. The van der Waals surface area contributed by atoms with Gasteiger partial charge < -0.3 is 14.8 Å². The second kappa shape index (κ2) is 7.71. The number of imidazole rings is 1. The van der Waals surface area contributed by atoms with Crippen molar-refractivity contribution in [2.45, 2.75) is 25.7 Å². The number of nitrogens with zero attached hydrogens (tertiary/aromatic N) is 5. The van der Waals surface area contributed by atoms with Crippen LogP contribution >= 0.6 is 0 Å². The van der Waals surface area contributed by atoms with Gasteiger partial charge in [0, 0.05) is 38.2 Å². The van der Waals surface area contributed by atoms with Crippen molar-refractivity contribution in [2.24, 2.45) is 13.0 Å². The van der Waals surface area contributed by atoms with E-state index in [2.05, 4.69) is 15.3 Å². The molecule has 1 saturated carbocycles. The van der Waals surface area contributed by atoms with Crippen LogP contribution in [0.4, 0.5) is 26.1 Å². The van der Waals surface area contributed by atoms with Crippen LogP contribution in [0.3, 0.4) is 0 Å². The van der Waals surface area contributed by atoms with Crippen LogP contribution in [0.1, 0.15) is 24.0 Å². The number of pyridine rings is 1. The first-order chi connectivity index (χ1) is 14.4. The zero-order chi connectivity index (χ0) is 21.4. The molecule has 2 aromatic heterocycles. The third-order valence-electron chi connectivity index (χ3n) is 5.18. The van der Waals surface area contributed by atoms with Gasteiger partial charge in [-0.3, -0.25) is 4.79 Å². The Morgan fingerprint density at radius 1 is 1.40 bits per heavy atom. The Morgan fingerprint density at radius 2 is 2.17 bits per heavy atom. The van der Waals surface area contributed by atoms with Gasteiger partial charge >= 0.3 is 0 Å². The summed E-state index contributed by atoms with van der Waals surface area (Å²) < 4.78 is 28.1. The van der Waals surface area contributed by atoms with Crippen molar-refractivity contribution < 1.29 is 13.6 Å². The quantitative estimate of drug-likeness (QED) is 0.669. The van der Waals surface area contributed by atoms with E-state index in [-0.39, 0.29) is 11.8 Å². The van der Waals surface area contributed by atoms with Crippen molar-refractivity contribution in [2.75, 3.05) is 17.3 Å². The molecule has 7 nitrogen and oxygen atoms in total. The molecule has 154 valence electrons. The lowest BCUT2D eigenvalue weighted by molar-refractivity contribution is -0.117. The molecule has 0 atom stereocenters. The number of nitriles is 1. The molecule has 0 unspecified atom stereocenters. The number of aryl methyl sites for hydroxylation is 1. The second-order valence-corrected chi connectivity index (χ2v) is 7.43. The normalized spacial score (nSPS) is 13.5. The van der Waals surface area contributed by atoms with Crippen molar-refractivity contribution in [3.63, 3.8) is 0 Å². The predicted molar refractivity (Wildman–Crippen MR) is 109 cm³/mol.